The van der Waals surface area contributed by atoms with Gasteiger partial charge in [0.05, 0.1) is 12.0 Å². The standard InChI is InChI=1S/C15H17F5O/c16-10-5-6-13(17)9(7-10)8-14(21)11-3-1-2-4-12(11)15(18,19)20/h5-7,11-12,14,21H,1-4,8H2. The van der Waals surface area contributed by atoms with E-state index in [-0.39, 0.29) is 24.8 Å². The van der Waals surface area contributed by atoms with Crippen LogP contribution in [0.3, 0.4) is 0 Å². The molecule has 0 saturated heterocycles. The van der Waals surface area contributed by atoms with Crippen LogP contribution >= 0.6 is 0 Å². The van der Waals surface area contributed by atoms with Crippen LogP contribution in [-0.4, -0.2) is 17.4 Å². The maximum absolute atomic E-state index is 13.5. The van der Waals surface area contributed by atoms with Crippen LogP contribution in [0.1, 0.15) is 31.2 Å². The summed E-state index contributed by atoms with van der Waals surface area (Å²) in [5, 5.41) is 10.1. The molecular weight excluding hydrogens is 291 g/mol. The number of aliphatic hydroxyl groups is 1. The van der Waals surface area contributed by atoms with E-state index in [0.29, 0.717) is 12.8 Å². The van der Waals surface area contributed by atoms with E-state index in [9.17, 15) is 27.1 Å². The second kappa shape index (κ2) is 6.30. The molecule has 0 aliphatic heterocycles. The fourth-order valence-electron chi connectivity index (χ4n) is 3.10. The van der Waals surface area contributed by atoms with Crippen molar-refractivity contribution in [1.29, 1.82) is 0 Å². The molecule has 1 N–H and O–H groups in total. The minimum atomic E-state index is -4.37. The molecule has 1 saturated carbocycles. The Morgan fingerprint density at radius 3 is 2.48 bits per heavy atom. The maximum Gasteiger partial charge on any atom is 0.392 e. The van der Waals surface area contributed by atoms with E-state index in [4.69, 9.17) is 0 Å². The zero-order valence-electron chi connectivity index (χ0n) is 11.3. The summed E-state index contributed by atoms with van der Waals surface area (Å²) in [7, 11) is 0. The first kappa shape index (κ1) is 16.2. The third kappa shape index (κ3) is 3.93. The minimum Gasteiger partial charge on any atom is -0.392 e. The first-order valence-corrected chi connectivity index (χ1v) is 6.97. The summed E-state index contributed by atoms with van der Waals surface area (Å²) in [6.45, 7) is 0. The second-order valence-corrected chi connectivity index (χ2v) is 5.60. The molecule has 0 aromatic heterocycles. The molecule has 21 heavy (non-hydrogen) atoms. The van der Waals surface area contributed by atoms with Gasteiger partial charge in [0.15, 0.2) is 0 Å². The number of hydrogen-bond acceptors (Lipinski definition) is 1. The van der Waals surface area contributed by atoms with Gasteiger partial charge in [-0.25, -0.2) is 8.78 Å². The van der Waals surface area contributed by atoms with Crippen molar-refractivity contribution in [2.45, 2.75) is 44.4 Å². The van der Waals surface area contributed by atoms with Gasteiger partial charge in [0.1, 0.15) is 11.6 Å². The van der Waals surface area contributed by atoms with Crippen molar-refractivity contribution in [2.75, 3.05) is 0 Å². The molecule has 0 bridgehead atoms. The van der Waals surface area contributed by atoms with Gasteiger partial charge in [-0.3, -0.25) is 0 Å². The third-order valence-corrected chi connectivity index (χ3v) is 4.17. The molecule has 6 heteroatoms. The Hall–Kier alpha value is -1.17. The van der Waals surface area contributed by atoms with Gasteiger partial charge in [-0.2, -0.15) is 13.2 Å². The Morgan fingerprint density at radius 2 is 1.81 bits per heavy atom. The Bertz CT molecular complexity index is 485. The SMILES string of the molecule is OC(Cc1cc(F)ccc1F)C1CCCCC1C(F)(F)F. The monoisotopic (exact) mass is 308 g/mol. The predicted molar refractivity (Wildman–Crippen MR) is 67.6 cm³/mol. The van der Waals surface area contributed by atoms with Crippen LogP contribution in [-0.2, 0) is 6.42 Å². The van der Waals surface area contributed by atoms with Crippen molar-refractivity contribution >= 4 is 0 Å². The summed E-state index contributed by atoms with van der Waals surface area (Å²) < 4.78 is 65.6. The molecule has 0 radical (unpaired) electrons. The molecular formula is C15H17F5O. The van der Waals surface area contributed by atoms with Crippen molar-refractivity contribution in [1.82, 2.24) is 0 Å². The highest BCUT2D eigenvalue weighted by atomic mass is 19.4. The number of hydrogen-bond donors (Lipinski definition) is 1. The lowest BCUT2D eigenvalue weighted by Gasteiger charge is -2.36. The van der Waals surface area contributed by atoms with E-state index >= 15 is 0 Å². The highest BCUT2D eigenvalue weighted by Gasteiger charge is 2.47. The Kier molecular flexibility index (Phi) is 4.86. The summed E-state index contributed by atoms with van der Waals surface area (Å²) in [5.74, 6) is -3.91. The van der Waals surface area contributed by atoms with Crippen LogP contribution in [0.5, 0.6) is 0 Å². The molecule has 2 rings (SSSR count). The zero-order valence-corrected chi connectivity index (χ0v) is 11.3. The number of halogens is 5. The normalized spacial score (nSPS) is 24.9. The van der Waals surface area contributed by atoms with Gasteiger partial charge in [-0.15, -0.1) is 0 Å². The molecule has 1 aliphatic rings. The number of benzene rings is 1. The molecule has 1 aliphatic carbocycles. The topological polar surface area (TPSA) is 20.2 Å². The number of alkyl halides is 3. The van der Waals surface area contributed by atoms with Crippen LogP contribution in [0.4, 0.5) is 22.0 Å². The zero-order chi connectivity index (χ0) is 15.6. The largest absolute Gasteiger partial charge is 0.392 e. The molecule has 1 aromatic carbocycles. The molecule has 1 nitrogen and oxygen atoms in total. The van der Waals surface area contributed by atoms with Gasteiger partial charge >= 0.3 is 6.18 Å². The van der Waals surface area contributed by atoms with Crippen LogP contribution in [0.2, 0.25) is 0 Å². The minimum absolute atomic E-state index is 0.0170. The number of aliphatic hydroxyl groups excluding tert-OH is 1. The second-order valence-electron chi connectivity index (χ2n) is 5.60. The molecule has 1 aromatic rings. The van der Waals surface area contributed by atoms with Gasteiger partial charge in [-0.1, -0.05) is 12.8 Å². The first-order valence-electron chi connectivity index (χ1n) is 6.97. The summed E-state index contributed by atoms with van der Waals surface area (Å²) in [4.78, 5) is 0. The average Bonchev–Trinajstić information content (AvgIpc) is 2.42. The van der Waals surface area contributed by atoms with Crippen LogP contribution < -0.4 is 0 Å². The molecule has 0 heterocycles. The highest BCUT2D eigenvalue weighted by molar-refractivity contribution is 5.19. The van der Waals surface area contributed by atoms with E-state index in [1.54, 1.807) is 0 Å². The van der Waals surface area contributed by atoms with Gasteiger partial charge in [0, 0.05) is 6.42 Å². The number of rotatable bonds is 3. The van der Waals surface area contributed by atoms with Gasteiger partial charge in [0.2, 0.25) is 0 Å². The molecule has 1 fully saturated rings. The third-order valence-electron chi connectivity index (χ3n) is 4.17. The summed E-state index contributed by atoms with van der Waals surface area (Å²) in [6.07, 6.45) is -4.68. The Morgan fingerprint density at radius 1 is 1.14 bits per heavy atom. The summed E-state index contributed by atoms with van der Waals surface area (Å²) >= 11 is 0. The van der Waals surface area contributed by atoms with Crippen LogP contribution in [0.15, 0.2) is 18.2 Å². The summed E-state index contributed by atoms with van der Waals surface area (Å²) in [5.41, 5.74) is -0.0889. The lowest BCUT2D eigenvalue weighted by molar-refractivity contribution is -0.206. The lowest BCUT2D eigenvalue weighted by Crippen LogP contribution is -2.40. The molecule has 3 unspecified atom stereocenters. The van der Waals surface area contributed by atoms with Crippen molar-refractivity contribution in [3.63, 3.8) is 0 Å². The molecule has 118 valence electrons. The fourth-order valence-corrected chi connectivity index (χ4v) is 3.10. The van der Waals surface area contributed by atoms with E-state index < -0.39 is 35.8 Å². The van der Waals surface area contributed by atoms with E-state index in [0.717, 1.165) is 18.2 Å². The predicted octanol–water partition coefficient (Wildman–Crippen LogP) is 4.24. The maximum atomic E-state index is 13.5. The smallest absolute Gasteiger partial charge is 0.392 e. The van der Waals surface area contributed by atoms with Crippen molar-refractivity contribution in [2.24, 2.45) is 11.8 Å². The van der Waals surface area contributed by atoms with E-state index in [1.807, 2.05) is 0 Å². The van der Waals surface area contributed by atoms with Crippen molar-refractivity contribution in [3.05, 3.63) is 35.4 Å². The van der Waals surface area contributed by atoms with Gasteiger partial charge < -0.3 is 5.11 Å². The highest BCUT2D eigenvalue weighted by Crippen LogP contribution is 2.43. The average molecular weight is 308 g/mol. The quantitative estimate of drug-likeness (QED) is 0.828. The van der Waals surface area contributed by atoms with Crippen molar-refractivity contribution in [3.8, 4) is 0 Å². The van der Waals surface area contributed by atoms with Crippen molar-refractivity contribution < 1.29 is 27.1 Å². The summed E-state index contributed by atoms with van der Waals surface area (Å²) in [6, 6.07) is 2.77. The van der Waals surface area contributed by atoms with Crippen LogP contribution in [0, 0.1) is 23.5 Å². The van der Waals surface area contributed by atoms with Gasteiger partial charge in [0.25, 0.3) is 0 Å². The van der Waals surface area contributed by atoms with E-state index in [2.05, 4.69) is 0 Å². The Labute approximate surface area is 119 Å². The Balaban J connectivity index is 2.14. The van der Waals surface area contributed by atoms with E-state index in [1.165, 1.54) is 0 Å². The molecule has 3 atom stereocenters. The van der Waals surface area contributed by atoms with Gasteiger partial charge in [-0.05, 0) is 42.5 Å². The molecule has 0 amide bonds. The first-order chi connectivity index (χ1) is 9.79. The molecule has 0 spiro atoms. The fraction of sp³-hybridized carbons (Fsp3) is 0.600. The van der Waals surface area contributed by atoms with Crippen LogP contribution in [0.25, 0.3) is 0 Å². The lowest BCUT2D eigenvalue weighted by atomic mass is 9.74.